The van der Waals surface area contributed by atoms with Gasteiger partial charge in [0.2, 0.25) is 0 Å². The van der Waals surface area contributed by atoms with Gasteiger partial charge in [-0.25, -0.2) is 0 Å². The van der Waals surface area contributed by atoms with Crippen molar-refractivity contribution in [2.45, 2.75) is 39.8 Å². The molecule has 0 heterocycles. The van der Waals surface area contributed by atoms with E-state index in [4.69, 9.17) is 14.2 Å². The third-order valence-corrected chi connectivity index (χ3v) is 4.79. The van der Waals surface area contributed by atoms with E-state index in [9.17, 15) is 4.79 Å². The molecule has 0 spiro atoms. The zero-order chi connectivity index (χ0) is 20.4. The molecule has 0 bridgehead atoms. The van der Waals surface area contributed by atoms with E-state index in [2.05, 4.69) is 30.9 Å². The Kier molecular flexibility index (Phi) is 8.82. The number of ether oxygens (including phenoxy) is 3. The highest BCUT2D eigenvalue weighted by atomic mass is 16.5. The van der Waals surface area contributed by atoms with Crippen LogP contribution in [0.15, 0.2) is 42.5 Å². The number of methoxy groups -OCH3 is 2. The summed E-state index contributed by atoms with van der Waals surface area (Å²) in [6.45, 7) is 7.65. The van der Waals surface area contributed by atoms with Crippen molar-refractivity contribution in [2.75, 3.05) is 27.3 Å². The molecule has 28 heavy (non-hydrogen) atoms. The summed E-state index contributed by atoms with van der Waals surface area (Å²) in [5, 5.41) is 0. The number of carbonyl (C=O) groups excluding carboxylic acids is 1. The third-order valence-electron chi connectivity index (χ3n) is 4.79. The summed E-state index contributed by atoms with van der Waals surface area (Å²) in [4.78, 5) is 14.4. The summed E-state index contributed by atoms with van der Waals surface area (Å²) in [7, 11) is 3.20. The van der Waals surface area contributed by atoms with Crippen LogP contribution in [0.1, 0.15) is 37.0 Å². The Morgan fingerprint density at radius 1 is 0.857 bits per heavy atom. The van der Waals surface area contributed by atoms with E-state index >= 15 is 0 Å². The maximum absolute atomic E-state index is 12.1. The molecule has 5 nitrogen and oxygen atoms in total. The van der Waals surface area contributed by atoms with Gasteiger partial charge in [0.05, 0.1) is 14.2 Å². The monoisotopic (exact) mass is 385 g/mol. The number of hydrogen-bond acceptors (Lipinski definition) is 5. The van der Waals surface area contributed by atoms with Crippen LogP contribution >= 0.6 is 0 Å². The Bertz CT molecular complexity index is 739. The smallest absolute Gasteiger partial charge is 0.306 e. The molecule has 2 aromatic carbocycles. The zero-order valence-corrected chi connectivity index (χ0v) is 17.4. The predicted octanol–water partition coefficient (Wildman–Crippen LogP) is 4.22. The van der Waals surface area contributed by atoms with Crippen LogP contribution in [0.2, 0.25) is 0 Å². The second-order valence-corrected chi connectivity index (χ2v) is 6.63. The molecule has 0 unspecified atom stereocenters. The van der Waals surface area contributed by atoms with Gasteiger partial charge >= 0.3 is 5.97 Å². The van der Waals surface area contributed by atoms with E-state index in [0.717, 1.165) is 30.8 Å². The van der Waals surface area contributed by atoms with Gasteiger partial charge in [-0.15, -0.1) is 0 Å². The van der Waals surface area contributed by atoms with E-state index in [1.807, 2.05) is 30.3 Å². The van der Waals surface area contributed by atoms with E-state index in [-0.39, 0.29) is 5.97 Å². The highest BCUT2D eigenvalue weighted by Crippen LogP contribution is 2.28. The fraction of sp³-hybridized carbons (Fsp3) is 0.435. The van der Waals surface area contributed by atoms with Crippen molar-refractivity contribution in [3.8, 4) is 11.5 Å². The van der Waals surface area contributed by atoms with Crippen molar-refractivity contribution in [2.24, 2.45) is 0 Å². The molecule has 0 saturated heterocycles. The van der Waals surface area contributed by atoms with Gasteiger partial charge in [-0.05, 0) is 48.3 Å². The Labute approximate surface area is 168 Å². The van der Waals surface area contributed by atoms with Crippen molar-refractivity contribution in [1.82, 2.24) is 4.90 Å². The van der Waals surface area contributed by atoms with Crippen LogP contribution in [-0.2, 0) is 29.1 Å². The lowest BCUT2D eigenvalue weighted by atomic mass is 10.1. The lowest BCUT2D eigenvalue weighted by Gasteiger charge is -2.18. The quantitative estimate of drug-likeness (QED) is 0.542. The van der Waals surface area contributed by atoms with E-state index < -0.39 is 0 Å². The summed E-state index contributed by atoms with van der Waals surface area (Å²) in [5.41, 5.74) is 3.28. The molecule has 0 aliphatic rings. The van der Waals surface area contributed by atoms with Crippen molar-refractivity contribution in [3.63, 3.8) is 0 Å². The van der Waals surface area contributed by atoms with Gasteiger partial charge in [0, 0.05) is 13.0 Å². The van der Waals surface area contributed by atoms with Gasteiger partial charge < -0.3 is 14.2 Å². The molecule has 0 radical (unpaired) electrons. The van der Waals surface area contributed by atoms with Crippen LogP contribution < -0.4 is 9.47 Å². The molecule has 0 aromatic heterocycles. The Morgan fingerprint density at radius 3 is 2.07 bits per heavy atom. The molecule has 0 aliphatic heterocycles. The van der Waals surface area contributed by atoms with Crippen molar-refractivity contribution >= 4 is 5.97 Å². The third kappa shape index (κ3) is 6.57. The van der Waals surface area contributed by atoms with Crippen LogP contribution in [0, 0.1) is 0 Å². The normalized spacial score (nSPS) is 10.8. The molecular formula is C23H31NO4. The number of nitrogens with zero attached hydrogens (tertiary/aromatic N) is 1. The summed E-state index contributed by atoms with van der Waals surface area (Å²) in [6, 6.07) is 13.9. The van der Waals surface area contributed by atoms with Crippen LogP contribution in [0.3, 0.4) is 0 Å². The predicted molar refractivity (Wildman–Crippen MR) is 111 cm³/mol. The van der Waals surface area contributed by atoms with Crippen LogP contribution in [-0.4, -0.2) is 38.2 Å². The first kappa shape index (κ1) is 21.8. The molecule has 0 saturated carbocycles. The van der Waals surface area contributed by atoms with Gasteiger partial charge in [0.15, 0.2) is 11.5 Å². The first-order valence-corrected chi connectivity index (χ1v) is 9.76. The summed E-state index contributed by atoms with van der Waals surface area (Å²) in [5.74, 6) is 1.14. The minimum Gasteiger partial charge on any atom is -0.493 e. The fourth-order valence-corrected chi connectivity index (χ4v) is 2.96. The number of rotatable bonds is 11. The number of carbonyl (C=O) groups is 1. The summed E-state index contributed by atoms with van der Waals surface area (Å²) < 4.78 is 15.9. The average Bonchev–Trinajstić information content (AvgIpc) is 2.75. The van der Waals surface area contributed by atoms with E-state index in [0.29, 0.717) is 30.9 Å². The second-order valence-electron chi connectivity index (χ2n) is 6.63. The molecule has 0 atom stereocenters. The van der Waals surface area contributed by atoms with Crippen LogP contribution in [0.5, 0.6) is 11.5 Å². The molecule has 2 aromatic rings. The van der Waals surface area contributed by atoms with Gasteiger partial charge in [-0.2, -0.15) is 0 Å². The molecule has 0 aliphatic carbocycles. The lowest BCUT2D eigenvalue weighted by molar-refractivity contribution is -0.144. The minimum absolute atomic E-state index is 0.206. The Hall–Kier alpha value is -2.53. The fourth-order valence-electron chi connectivity index (χ4n) is 2.96. The molecule has 0 amide bonds. The average molecular weight is 386 g/mol. The topological polar surface area (TPSA) is 48.0 Å². The maximum Gasteiger partial charge on any atom is 0.306 e. The van der Waals surface area contributed by atoms with E-state index in [1.165, 1.54) is 5.56 Å². The number of benzene rings is 2. The van der Waals surface area contributed by atoms with Gasteiger partial charge in [0.1, 0.15) is 6.61 Å². The largest absolute Gasteiger partial charge is 0.493 e. The second kappa shape index (κ2) is 11.3. The highest BCUT2D eigenvalue weighted by molar-refractivity contribution is 5.69. The number of aryl methyl sites for hydroxylation is 1. The molecule has 0 fully saturated rings. The van der Waals surface area contributed by atoms with Gasteiger partial charge in [0.25, 0.3) is 0 Å². The lowest BCUT2D eigenvalue weighted by Crippen LogP contribution is -2.22. The van der Waals surface area contributed by atoms with Gasteiger partial charge in [-0.3, -0.25) is 9.69 Å². The SMILES string of the molecule is CCN(CC)Cc1ccc(COC(=O)CCc2ccc(OC)c(OC)c2)cc1. The van der Waals surface area contributed by atoms with Crippen molar-refractivity contribution in [1.29, 1.82) is 0 Å². The van der Waals surface area contributed by atoms with Crippen LogP contribution in [0.25, 0.3) is 0 Å². The summed E-state index contributed by atoms with van der Waals surface area (Å²) in [6.07, 6.45) is 0.928. The Balaban J connectivity index is 1.79. The first-order chi connectivity index (χ1) is 13.6. The summed E-state index contributed by atoms with van der Waals surface area (Å²) >= 11 is 0. The molecule has 5 heteroatoms. The van der Waals surface area contributed by atoms with Crippen molar-refractivity contribution < 1.29 is 19.0 Å². The first-order valence-electron chi connectivity index (χ1n) is 9.76. The molecule has 152 valence electrons. The molecular weight excluding hydrogens is 354 g/mol. The standard InChI is InChI=1S/C23H31NO4/c1-5-24(6-2)16-19-7-9-20(10-8-19)17-28-23(25)14-12-18-11-13-21(26-3)22(15-18)27-4/h7-11,13,15H,5-6,12,14,16-17H2,1-4H3. The molecule has 0 N–H and O–H groups in total. The van der Waals surface area contributed by atoms with Gasteiger partial charge in [-0.1, -0.05) is 44.2 Å². The number of hydrogen-bond donors (Lipinski definition) is 0. The molecule has 2 rings (SSSR count). The maximum atomic E-state index is 12.1. The van der Waals surface area contributed by atoms with Crippen molar-refractivity contribution in [3.05, 3.63) is 59.2 Å². The highest BCUT2D eigenvalue weighted by Gasteiger charge is 2.08. The van der Waals surface area contributed by atoms with E-state index in [1.54, 1.807) is 14.2 Å². The minimum atomic E-state index is -0.206. The number of esters is 1. The van der Waals surface area contributed by atoms with Crippen LogP contribution in [0.4, 0.5) is 0 Å². The Morgan fingerprint density at radius 2 is 1.46 bits per heavy atom. The zero-order valence-electron chi connectivity index (χ0n) is 17.4.